The van der Waals surface area contributed by atoms with Gasteiger partial charge in [0.05, 0.1) is 6.33 Å². The fourth-order valence-corrected chi connectivity index (χ4v) is 2.14. The summed E-state index contributed by atoms with van der Waals surface area (Å²) in [6.07, 6.45) is 5.08. The van der Waals surface area contributed by atoms with Crippen molar-refractivity contribution in [1.29, 1.82) is 0 Å². The van der Waals surface area contributed by atoms with E-state index < -0.39 is 31.1 Å². The summed E-state index contributed by atoms with van der Waals surface area (Å²) < 4.78 is 109. The number of sulfonamides is 2. The van der Waals surface area contributed by atoms with Crippen LogP contribution >= 0.6 is 0 Å². The van der Waals surface area contributed by atoms with E-state index in [0.29, 0.717) is 0 Å². The summed E-state index contributed by atoms with van der Waals surface area (Å²) >= 11 is 0. The Bertz CT molecular complexity index is 543. The molecule has 0 fully saturated rings. The predicted octanol–water partition coefficient (Wildman–Crippen LogP) is 1.47. The number of halogens is 6. The van der Waals surface area contributed by atoms with Crippen molar-refractivity contribution in [3.8, 4) is 0 Å². The fraction of sp³-hybridized carbons (Fsp3) is 0.400. The van der Waals surface area contributed by atoms with Crippen molar-refractivity contribution in [2.24, 2.45) is 0 Å². The van der Waals surface area contributed by atoms with Crippen LogP contribution in [0.1, 0.15) is 0 Å². The summed E-state index contributed by atoms with van der Waals surface area (Å²) in [6, 6.07) is 0. The smallest absolute Gasteiger partial charge is 0.421 e. The lowest BCUT2D eigenvalue weighted by atomic mass is 11.0. The summed E-state index contributed by atoms with van der Waals surface area (Å²) in [7, 11) is -13.4. The van der Waals surface area contributed by atoms with Crippen LogP contribution in [0.25, 0.3) is 4.13 Å². The summed E-state index contributed by atoms with van der Waals surface area (Å²) in [5.74, 6) is 0. The molecule has 0 aliphatic heterocycles. The molecule has 20 heavy (non-hydrogen) atoms. The molecule has 0 radical (unpaired) electrons. The first-order chi connectivity index (χ1) is 8.71. The molecule has 0 amide bonds. The van der Waals surface area contributed by atoms with E-state index in [1.165, 1.54) is 0 Å². The zero-order valence-corrected chi connectivity index (χ0v) is 10.5. The van der Waals surface area contributed by atoms with Crippen molar-refractivity contribution in [2.45, 2.75) is 11.0 Å². The molecule has 0 saturated heterocycles. The maximum Gasteiger partial charge on any atom is 0.480 e. The number of nitrogens with zero attached hydrogens (tertiary/aromatic N) is 2. The molecular formula is C5H4F6N3O4S2-. The Hall–Kier alpha value is -1.35. The van der Waals surface area contributed by atoms with Gasteiger partial charge in [0, 0.05) is 12.4 Å². The Morgan fingerprint density at radius 1 is 0.900 bits per heavy atom. The normalized spacial score (nSPS) is 13.5. The Morgan fingerprint density at radius 3 is 1.45 bits per heavy atom. The lowest BCUT2D eigenvalue weighted by molar-refractivity contribution is -0.0444. The van der Waals surface area contributed by atoms with E-state index in [0.717, 1.165) is 4.13 Å². The van der Waals surface area contributed by atoms with Gasteiger partial charge in [0.25, 0.3) is 0 Å². The summed E-state index contributed by atoms with van der Waals surface area (Å²) in [4.78, 5) is 6.42. The molecule has 0 unspecified atom stereocenters. The van der Waals surface area contributed by atoms with E-state index in [1.54, 1.807) is 18.7 Å². The highest BCUT2D eigenvalue weighted by atomic mass is 32.3. The minimum absolute atomic E-state index is 0.778. The van der Waals surface area contributed by atoms with Gasteiger partial charge in [-0.2, -0.15) is 26.3 Å². The van der Waals surface area contributed by atoms with Gasteiger partial charge in [-0.3, -0.25) is 0 Å². The van der Waals surface area contributed by atoms with Crippen LogP contribution in [0.4, 0.5) is 26.3 Å². The average molecular weight is 348 g/mol. The van der Waals surface area contributed by atoms with Crippen molar-refractivity contribution < 1.29 is 43.2 Å². The molecule has 1 aromatic heterocycles. The van der Waals surface area contributed by atoms with Gasteiger partial charge in [-0.05, 0) is 0 Å². The first-order valence-electron chi connectivity index (χ1n) is 4.00. The van der Waals surface area contributed by atoms with E-state index in [-0.39, 0.29) is 0 Å². The number of aromatic amines is 1. The molecule has 0 aliphatic rings. The SMILES string of the molecule is O=S(=O)([N-]S(=O)(=O)C(F)(F)F)C(F)(F)F.c1c[nH]cn1. The van der Waals surface area contributed by atoms with E-state index in [1.807, 2.05) is 0 Å². The van der Waals surface area contributed by atoms with Crippen LogP contribution < -0.4 is 0 Å². The number of aromatic nitrogens is 2. The highest BCUT2D eigenvalue weighted by Crippen LogP contribution is 2.36. The van der Waals surface area contributed by atoms with Gasteiger partial charge < -0.3 is 9.11 Å². The van der Waals surface area contributed by atoms with Gasteiger partial charge in [-0.1, -0.05) is 0 Å². The Balaban J connectivity index is 0.000000595. The number of rotatable bonds is 2. The number of nitrogens with one attached hydrogen (secondary N) is 1. The lowest BCUT2D eigenvalue weighted by Crippen LogP contribution is -2.30. The standard InChI is InChI=1S/C3H4N2.C2F6NO4S2/c1-2-5-3-4-1;3-1(4,5)14(10,11)9-15(12,13)2(6,7)8/h1-3H,(H,4,5);/q;-1. The van der Waals surface area contributed by atoms with Gasteiger partial charge in [0.2, 0.25) is 0 Å². The minimum atomic E-state index is -6.72. The van der Waals surface area contributed by atoms with Gasteiger partial charge in [-0.15, -0.1) is 0 Å². The topological polar surface area (TPSA) is 111 Å². The molecule has 1 rings (SSSR count). The molecule has 0 aliphatic carbocycles. The Labute approximate surface area is 108 Å². The number of H-pyrrole nitrogens is 1. The number of hydrogen-bond donors (Lipinski definition) is 1. The second kappa shape index (κ2) is 5.96. The second-order valence-electron chi connectivity index (χ2n) is 2.68. The van der Waals surface area contributed by atoms with Crippen LogP contribution in [0.3, 0.4) is 0 Å². The minimum Gasteiger partial charge on any atom is -0.421 e. The molecule has 0 spiro atoms. The number of imidazole rings is 1. The van der Waals surface area contributed by atoms with Crippen LogP contribution in [-0.4, -0.2) is 37.8 Å². The molecule has 1 N–H and O–H groups in total. The Morgan fingerprint density at radius 2 is 1.30 bits per heavy atom. The fourth-order valence-electron chi connectivity index (χ4n) is 0.429. The van der Waals surface area contributed by atoms with Crippen LogP contribution in [0.2, 0.25) is 0 Å². The molecule has 1 heterocycles. The lowest BCUT2D eigenvalue weighted by Gasteiger charge is -2.22. The summed E-state index contributed by atoms with van der Waals surface area (Å²) in [5.41, 5.74) is -12.4. The van der Waals surface area contributed by atoms with E-state index >= 15 is 0 Å². The summed E-state index contributed by atoms with van der Waals surface area (Å²) in [6.45, 7) is 0. The summed E-state index contributed by atoms with van der Waals surface area (Å²) in [5, 5.41) is 0. The van der Waals surface area contributed by atoms with Crippen LogP contribution in [-0.2, 0) is 20.0 Å². The van der Waals surface area contributed by atoms with Crippen LogP contribution in [0, 0.1) is 0 Å². The van der Waals surface area contributed by atoms with E-state index in [9.17, 15) is 43.2 Å². The molecule has 118 valence electrons. The Kier molecular flexibility index (Phi) is 5.56. The zero-order valence-electron chi connectivity index (χ0n) is 8.84. The number of hydrogen-bond acceptors (Lipinski definition) is 5. The molecule has 7 nitrogen and oxygen atoms in total. The van der Waals surface area contributed by atoms with Crippen molar-refractivity contribution in [3.63, 3.8) is 0 Å². The van der Waals surface area contributed by atoms with E-state index in [4.69, 9.17) is 0 Å². The zero-order chi connectivity index (χ0) is 16.2. The average Bonchev–Trinajstić information content (AvgIpc) is 2.68. The third-order valence-corrected chi connectivity index (χ3v) is 3.93. The predicted molar refractivity (Wildman–Crippen MR) is 51.9 cm³/mol. The number of alkyl halides is 6. The van der Waals surface area contributed by atoms with Crippen LogP contribution in [0.15, 0.2) is 18.7 Å². The molecule has 0 saturated carbocycles. The highest BCUT2D eigenvalue weighted by molar-refractivity contribution is 8.13. The van der Waals surface area contributed by atoms with Crippen molar-refractivity contribution in [3.05, 3.63) is 22.8 Å². The van der Waals surface area contributed by atoms with E-state index in [2.05, 4.69) is 9.97 Å². The van der Waals surface area contributed by atoms with Gasteiger partial charge in [0.1, 0.15) is 0 Å². The molecule has 1 aromatic rings. The molecule has 0 bridgehead atoms. The van der Waals surface area contributed by atoms with Crippen molar-refractivity contribution in [2.75, 3.05) is 0 Å². The molecule has 15 heteroatoms. The monoisotopic (exact) mass is 348 g/mol. The third-order valence-electron chi connectivity index (χ3n) is 1.19. The van der Waals surface area contributed by atoms with Crippen molar-refractivity contribution >= 4 is 20.0 Å². The third kappa shape index (κ3) is 5.33. The first kappa shape index (κ1) is 18.7. The molecule has 0 aromatic carbocycles. The maximum atomic E-state index is 11.4. The van der Waals surface area contributed by atoms with Crippen molar-refractivity contribution in [1.82, 2.24) is 9.97 Å². The molecule has 0 atom stereocenters. The van der Waals surface area contributed by atoms with Gasteiger partial charge in [-0.25, -0.2) is 21.8 Å². The maximum absolute atomic E-state index is 11.4. The largest absolute Gasteiger partial charge is 0.480 e. The van der Waals surface area contributed by atoms with Gasteiger partial charge in [0.15, 0.2) is 20.0 Å². The molecular weight excluding hydrogens is 344 g/mol. The van der Waals surface area contributed by atoms with Crippen LogP contribution in [0.5, 0.6) is 0 Å². The van der Waals surface area contributed by atoms with Gasteiger partial charge >= 0.3 is 11.0 Å². The first-order valence-corrected chi connectivity index (χ1v) is 6.88. The quantitative estimate of drug-likeness (QED) is 0.814. The second-order valence-corrected chi connectivity index (χ2v) is 6.10. The highest BCUT2D eigenvalue weighted by Gasteiger charge is 2.46.